The Morgan fingerprint density at radius 1 is 1.23 bits per heavy atom. The van der Waals surface area contributed by atoms with Gasteiger partial charge in [0.15, 0.2) is 6.10 Å². The van der Waals surface area contributed by atoms with E-state index in [0.717, 1.165) is 5.56 Å². The van der Waals surface area contributed by atoms with Gasteiger partial charge in [-0.05, 0) is 24.3 Å². The minimum Gasteiger partial charge on any atom is -0.497 e. The molecule has 0 bridgehead atoms. The maximum Gasteiger partial charge on any atom is 0.255 e. The molecular weight excluding hydrogens is 398 g/mol. The number of hydrogen-bond acceptors (Lipinski definition) is 7. The van der Waals surface area contributed by atoms with Crippen molar-refractivity contribution in [3.8, 4) is 17.0 Å². The van der Waals surface area contributed by atoms with Crippen LogP contribution in [-0.2, 0) is 16.6 Å². The highest BCUT2D eigenvalue weighted by Gasteiger charge is 2.29. The first-order valence-electron chi connectivity index (χ1n) is 9.85. The van der Waals surface area contributed by atoms with Crippen LogP contribution in [0.5, 0.6) is 5.75 Å². The van der Waals surface area contributed by atoms with Crippen LogP contribution in [0.25, 0.3) is 11.3 Å². The normalized spacial score (nSPS) is 16.1. The van der Waals surface area contributed by atoms with Gasteiger partial charge in [-0.15, -0.1) is 0 Å². The van der Waals surface area contributed by atoms with Crippen molar-refractivity contribution in [3.05, 3.63) is 65.2 Å². The van der Waals surface area contributed by atoms with Gasteiger partial charge in [0.25, 0.3) is 11.5 Å². The van der Waals surface area contributed by atoms with Crippen LogP contribution < -0.4 is 20.5 Å². The Bertz CT molecular complexity index is 1130. The van der Waals surface area contributed by atoms with E-state index in [1.165, 1.54) is 10.6 Å². The predicted molar refractivity (Wildman–Crippen MR) is 116 cm³/mol. The highest BCUT2D eigenvalue weighted by atomic mass is 16.5. The average molecular weight is 421 g/mol. The number of hydrogen-bond donors (Lipinski definition) is 1. The quantitative estimate of drug-likeness (QED) is 0.669. The number of aromatic nitrogens is 3. The number of pyridine rings is 1. The summed E-state index contributed by atoms with van der Waals surface area (Å²) in [6.45, 7) is 1.13. The summed E-state index contributed by atoms with van der Waals surface area (Å²) in [7, 11) is 3.24. The molecule has 2 aromatic heterocycles. The van der Waals surface area contributed by atoms with Crippen LogP contribution in [0.2, 0.25) is 0 Å². The first kappa shape index (κ1) is 20.5. The lowest BCUT2D eigenvalue weighted by Gasteiger charge is -2.33. The van der Waals surface area contributed by atoms with Crippen LogP contribution in [0.15, 0.2) is 59.7 Å². The topological polar surface area (TPSA) is 98.6 Å². The smallest absolute Gasteiger partial charge is 0.255 e. The van der Waals surface area contributed by atoms with E-state index in [2.05, 4.69) is 15.3 Å². The van der Waals surface area contributed by atoms with E-state index < -0.39 is 6.10 Å². The lowest BCUT2D eigenvalue weighted by molar-refractivity contribution is -0.128. The van der Waals surface area contributed by atoms with Crippen molar-refractivity contribution in [1.29, 1.82) is 0 Å². The summed E-state index contributed by atoms with van der Waals surface area (Å²) in [5.74, 6) is 0.867. The van der Waals surface area contributed by atoms with Gasteiger partial charge in [-0.3, -0.25) is 19.1 Å². The number of anilines is 2. The molecule has 3 heterocycles. The molecule has 0 spiro atoms. The van der Waals surface area contributed by atoms with Gasteiger partial charge >= 0.3 is 0 Å². The van der Waals surface area contributed by atoms with E-state index in [1.807, 2.05) is 4.90 Å². The van der Waals surface area contributed by atoms with Crippen molar-refractivity contribution in [2.75, 3.05) is 37.0 Å². The molecule has 9 heteroatoms. The third kappa shape index (κ3) is 4.56. The first-order valence-corrected chi connectivity index (χ1v) is 9.85. The van der Waals surface area contributed by atoms with Crippen LogP contribution in [0.1, 0.15) is 0 Å². The number of nitrogens with one attached hydrogen (secondary N) is 1. The second kappa shape index (κ2) is 8.97. The molecule has 1 atom stereocenters. The van der Waals surface area contributed by atoms with Crippen molar-refractivity contribution in [2.24, 2.45) is 7.05 Å². The lowest BCUT2D eigenvalue weighted by Crippen LogP contribution is -2.49. The molecule has 1 amide bonds. The van der Waals surface area contributed by atoms with E-state index in [1.54, 1.807) is 62.9 Å². The Kier molecular flexibility index (Phi) is 5.94. The second-order valence-electron chi connectivity index (χ2n) is 7.10. The number of rotatable bonds is 5. The molecular formula is C22H23N5O4. The van der Waals surface area contributed by atoms with E-state index in [0.29, 0.717) is 36.2 Å². The fraction of sp³-hybridized carbons (Fsp3) is 0.273. The lowest BCUT2D eigenvalue weighted by atomic mass is 10.2. The van der Waals surface area contributed by atoms with Gasteiger partial charge in [0.2, 0.25) is 5.95 Å². The first-order chi connectivity index (χ1) is 15.0. The van der Waals surface area contributed by atoms with Crippen LogP contribution in [0.4, 0.5) is 11.6 Å². The molecule has 0 aliphatic carbocycles. The summed E-state index contributed by atoms with van der Waals surface area (Å²) in [5, 5.41) is 2.86. The van der Waals surface area contributed by atoms with Crippen molar-refractivity contribution in [1.82, 2.24) is 14.5 Å². The molecule has 1 aliphatic rings. The van der Waals surface area contributed by atoms with Crippen molar-refractivity contribution < 1.29 is 14.3 Å². The number of carbonyl (C=O) groups excluding carboxylic acids is 1. The molecule has 9 nitrogen and oxygen atoms in total. The average Bonchev–Trinajstić information content (AvgIpc) is 2.81. The second-order valence-corrected chi connectivity index (χ2v) is 7.10. The van der Waals surface area contributed by atoms with Crippen LogP contribution in [0.3, 0.4) is 0 Å². The van der Waals surface area contributed by atoms with Crippen molar-refractivity contribution in [2.45, 2.75) is 6.10 Å². The summed E-state index contributed by atoms with van der Waals surface area (Å²) in [6.07, 6.45) is 2.60. The van der Waals surface area contributed by atoms with Gasteiger partial charge in [-0.25, -0.2) is 4.98 Å². The molecule has 1 N–H and O–H groups in total. The SMILES string of the molecule is COc1cccc(NC(=O)C2CN(c3nc(-c4ccncc4)cc(=O)n3C)CCO2)c1. The molecule has 1 unspecified atom stereocenters. The zero-order valence-corrected chi connectivity index (χ0v) is 17.3. The van der Waals surface area contributed by atoms with E-state index in [4.69, 9.17) is 9.47 Å². The van der Waals surface area contributed by atoms with Crippen LogP contribution >= 0.6 is 0 Å². The fourth-order valence-electron chi connectivity index (χ4n) is 3.39. The molecule has 4 rings (SSSR count). The summed E-state index contributed by atoms with van der Waals surface area (Å²) < 4.78 is 12.4. The number of amides is 1. The Morgan fingerprint density at radius 2 is 2.03 bits per heavy atom. The van der Waals surface area contributed by atoms with E-state index in [-0.39, 0.29) is 18.0 Å². The van der Waals surface area contributed by atoms with E-state index in [9.17, 15) is 9.59 Å². The summed E-state index contributed by atoms with van der Waals surface area (Å²) >= 11 is 0. The molecule has 1 aliphatic heterocycles. The van der Waals surface area contributed by atoms with Gasteiger partial charge in [-0.1, -0.05) is 6.07 Å². The minimum atomic E-state index is -0.707. The Morgan fingerprint density at radius 3 is 2.81 bits per heavy atom. The summed E-state index contributed by atoms with van der Waals surface area (Å²) in [5.41, 5.74) is 1.80. The third-order valence-corrected chi connectivity index (χ3v) is 5.07. The highest BCUT2D eigenvalue weighted by Crippen LogP contribution is 2.21. The van der Waals surface area contributed by atoms with Crippen LogP contribution in [0, 0.1) is 0 Å². The minimum absolute atomic E-state index is 0.180. The number of methoxy groups -OCH3 is 1. The molecule has 1 saturated heterocycles. The fourth-order valence-corrected chi connectivity index (χ4v) is 3.39. The molecule has 1 fully saturated rings. The Hall–Kier alpha value is -3.72. The molecule has 160 valence electrons. The highest BCUT2D eigenvalue weighted by molar-refractivity contribution is 5.94. The maximum atomic E-state index is 12.8. The number of nitrogens with zero attached hydrogens (tertiary/aromatic N) is 4. The molecule has 1 aromatic carbocycles. The van der Waals surface area contributed by atoms with E-state index >= 15 is 0 Å². The standard InChI is InChI=1S/C22H23N5O4/c1-26-20(28)13-18(15-6-8-23-9-7-15)25-22(26)27-10-11-31-19(14-27)21(29)24-16-4-3-5-17(12-16)30-2/h3-9,12-13,19H,10-11,14H2,1-2H3,(H,24,29). The Balaban J connectivity index is 1.55. The third-order valence-electron chi connectivity index (χ3n) is 5.07. The van der Waals surface area contributed by atoms with Gasteiger partial charge in [-0.2, -0.15) is 0 Å². The Labute approximate surface area is 179 Å². The van der Waals surface area contributed by atoms with Gasteiger partial charge < -0.3 is 19.7 Å². The summed E-state index contributed by atoms with van der Waals surface area (Å²) in [6, 6.07) is 12.2. The molecule has 31 heavy (non-hydrogen) atoms. The number of carbonyl (C=O) groups is 1. The number of benzene rings is 1. The van der Waals surface area contributed by atoms with Crippen LogP contribution in [-0.4, -0.2) is 53.4 Å². The summed E-state index contributed by atoms with van der Waals surface area (Å²) in [4.78, 5) is 35.9. The zero-order valence-electron chi connectivity index (χ0n) is 17.3. The predicted octanol–water partition coefficient (Wildman–Crippen LogP) is 1.69. The maximum absolute atomic E-state index is 12.8. The largest absolute Gasteiger partial charge is 0.497 e. The van der Waals surface area contributed by atoms with Gasteiger partial charge in [0, 0.05) is 49.4 Å². The van der Waals surface area contributed by atoms with Gasteiger partial charge in [0.05, 0.1) is 26.0 Å². The van der Waals surface area contributed by atoms with Gasteiger partial charge in [0.1, 0.15) is 5.75 Å². The number of ether oxygens (including phenoxy) is 2. The monoisotopic (exact) mass is 421 g/mol. The zero-order chi connectivity index (χ0) is 21.8. The van der Waals surface area contributed by atoms with Crippen molar-refractivity contribution in [3.63, 3.8) is 0 Å². The molecule has 0 saturated carbocycles. The van der Waals surface area contributed by atoms with Crippen molar-refractivity contribution >= 4 is 17.5 Å². The molecule has 0 radical (unpaired) electrons. The molecule has 3 aromatic rings. The number of morpholine rings is 1.